The van der Waals surface area contributed by atoms with E-state index < -0.39 is 0 Å². The summed E-state index contributed by atoms with van der Waals surface area (Å²) in [6.07, 6.45) is 12.0. The smallest absolute Gasteiger partial charge is 0.159 e. The van der Waals surface area contributed by atoms with Crippen molar-refractivity contribution in [2.75, 3.05) is 0 Å². The van der Waals surface area contributed by atoms with Crippen LogP contribution < -0.4 is 0 Å². The Hall–Kier alpha value is -1.18. The number of hydrogen-bond acceptors (Lipinski definition) is 2. The Labute approximate surface area is 126 Å². The zero-order valence-electron chi connectivity index (χ0n) is 13.0. The molecule has 0 N–H and O–H groups in total. The molecule has 0 aromatic carbocycles. The van der Waals surface area contributed by atoms with Gasteiger partial charge in [-0.2, -0.15) is 0 Å². The summed E-state index contributed by atoms with van der Waals surface area (Å²) in [7, 11) is 0. The van der Waals surface area contributed by atoms with Crippen LogP contribution in [0, 0.1) is 28.6 Å². The van der Waals surface area contributed by atoms with Crippen LogP contribution in [0.25, 0.3) is 0 Å². The first kappa shape index (κ1) is 13.5. The Balaban J connectivity index is 1.74. The summed E-state index contributed by atoms with van der Waals surface area (Å²) in [5.41, 5.74) is 1.34. The predicted molar refractivity (Wildman–Crippen MR) is 81.6 cm³/mol. The van der Waals surface area contributed by atoms with Crippen molar-refractivity contribution in [3.8, 4) is 0 Å². The molecule has 2 saturated carbocycles. The number of ketones is 2. The van der Waals surface area contributed by atoms with Gasteiger partial charge in [0, 0.05) is 23.7 Å². The maximum absolute atomic E-state index is 12.3. The van der Waals surface area contributed by atoms with E-state index in [4.69, 9.17) is 0 Å². The van der Waals surface area contributed by atoms with Crippen molar-refractivity contribution in [2.24, 2.45) is 28.6 Å². The molecule has 0 saturated heterocycles. The van der Waals surface area contributed by atoms with Gasteiger partial charge in [0.1, 0.15) is 5.78 Å². The lowest BCUT2D eigenvalue weighted by molar-refractivity contribution is -0.131. The number of hydrogen-bond donors (Lipinski definition) is 0. The molecule has 0 heterocycles. The van der Waals surface area contributed by atoms with Gasteiger partial charge in [0.15, 0.2) is 5.78 Å². The first-order valence-electron chi connectivity index (χ1n) is 8.40. The molecule has 4 rings (SSSR count). The van der Waals surface area contributed by atoms with Crippen molar-refractivity contribution in [3.05, 3.63) is 23.8 Å². The third kappa shape index (κ3) is 1.65. The van der Waals surface area contributed by atoms with Crippen LogP contribution in [0.1, 0.15) is 52.4 Å². The fourth-order valence-electron chi connectivity index (χ4n) is 5.87. The molecule has 0 amide bonds. The largest absolute Gasteiger partial charge is 0.299 e. The van der Waals surface area contributed by atoms with Gasteiger partial charge in [-0.15, -0.1) is 0 Å². The van der Waals surface area contributed by atoms with E-state index in [9.17, 15) is 9.59 Å². The van der Waals surface area contributed by atoms with Crippen LogP contribution >= 0.6 is 0 Å². The van der Waals surface area contributed by atoms with Crippen molar-refractivity contribution in [3.63, 3.8) is 0 Å². The van der Waals surface area contributed by atoms with Crippen LogP contribution in [0.4, 0.5) is 0 Å². The van der Waals surface area contributed by atoms with E-state index in [0.717, 1.165) is 32.1 Å². The standard InChI is InChI=1S/C19H24O2/c1-18-9-7-13(20)11-12(18)3-4-14-15-5-6-17(21)19(15,2)10-8-16(14)18/h3,7,9,14-16H,4-6,8,10-11H2,1-2H3/t14-,15-,16+,18-,19-/m0/s1. The summed E-state index contributed by atoms with van der Waals surface area (Å²) in [5, 5.41) is 0. The second kappa shape index (κ2) is 4.18. The van der Waals surface area contributed by atoms with Gasteiger partial charge in [-0.3, -0.25) is 9.59 Å². The SMILES string of the molecule is C[C@]12C=CC(=O)CC1=CC[C@@H]1[C@H]2CC[C@]2(C)C(=O)CC[C@@H]12. The lowest BCUT2D eigenvalue weighted by Crippen LogP contribution is -2.49. The van der Waals surface area contributed by atoms with Gasteiger partial charge in [-0.25, -0.2) is 0 Å². The second-order valence-electron chi connectivity index (χ2n) is 8.02. The number of allylic oxidation sites excluding steroid dienone is 4. The Morgan fingerprint density at radius 2 is 1.95 bits per heavy atom. The topological polar surface area (TPSA) is 34.1 Å². The maximum atomic E-state index is 12.3. The van der Waals surface area contributed by atoms with Gasteiger partial charge in [-0.1, -0.05) is 31.6 Å². The van der Waals surface area contributed by atoms with E-state index in [1.165, 1.54) is 5.57 Å². The van der Waals surface area contributed by atoms with Crippen molar-refractivity contribution in [1.82, 2.24) is 0 Å². The minimum atomic E-state index is -0.0585. The first-order chi connectivity index (χ1) is 9.95. The minimum absolute atomic E-state index is 0.0585. The summed E-state index contributed by atoms with van der Waals surface area (Å²) in [4.78, 5) is 24.1. The zero-order valence-corrected chi connectivity index (χ0v) is 13.0. The highest BCUT2D eigenvalue weighted by Crippen LogP contribution is 2.62. The molecule has 0 bridgehead atoms. The molecule has 2 heteroatoms. The quantitative estimate of drug-likeness (QED) is 0.633. The molecule has 0 aromatic heterocycles. The highest BCUT2D eigenvalue weighted by atomic mass is 16.1. The second-order valence-corrected chi connectivity index (χ2v) is 8.02. The van der Waals surface area contributed by atoms with Crippen LogP contribution in [0.5, 0.6) is 0 Å². The average molecular weight is 284 g/mol. The molecule has 0 spiro atoms. The Morgan fingerprint density at radius 1 is 1.14 bits per heavy atom. The van der Waals surface area contributed by atoms with Gasteiger partial charge in [-0.05, 0) is 49.5 Å². The van der Waals surface area contributed by atoms with E-state index in [0.29, 0.717) is 30.0 Å². The summed E-state index contributed by atoms with van der Waals surface area (Å²) in [6, 6.07) is 0. The predicted octanol–water partition coefficient (Wildman–Crippen LogP) is 3.86. The van der Waals surface area contributed by atoms with Gasteiger partial charge < -0.3 is 0 Å². The van der Waals surface area contributed by atoms with Crippen LogP contribution in [0.3, 0.4) is 0 Å². The summed E-state index contributed by atoms with van der Waals surface area (Å²) >= 11 is 0. The Kier molecular flexibility index (Phi) is 2.68. The van der Waals surface area contributed by atoms with Crippen molar-refractivity contribution >= 4 is 11.6 Å². The van der Waals surface area contributed by atoms with Gasteiger partial charge in [0.2, 0.25) is 0 Å². The molecule has 0 aromatic rings. The third-order valence-electron chi connectivity index (χ3n) is 7.22. The fourth-order valence-corrected chi connectivity index (χ4v) is 5.87. The van der Waals surface area contributed by atoms with E-state index in [1.807, 2.05) is 0 Å². The Morgan fingerprint density at radius 3 is 2.76 bits per heavy atom. The van der Waals surface area contributed by atoms with Gasteiger partial charge >= 0.3 is 0 Å². The van der Waals surface area contributed by atoms with Crippen LogP contribution in [0.15, 0.2) is 23.8 Å². The summed E-state index contributed by atoms with van der Waals surface area (Å²) < 4.78 is 0. The molecule has 0 unspecified atom stereocenters. The van der Waals surface area contributed by atoms with Gasteiger partial charge in [0.05, 0.1) is 0 Å². The van der Waals surface area contributed by atoms with E-state index in [1.54, 1.807) is 6.08 Å². The van der Waals surface area contributed by atoms with E-state index in [2.05, 4.69) is 26.0 Å². The monoisotopic (exact) mass is 284 g/mol. The molecule has 0 radical (unpaired) electrons. The van der Waals surface area contributed by atoms with Gasteiger partial charge in [0.25, 0.3) is 0 Å². The van der Waals surface area contributed by atoms with Crippen molar-refractivity contribution in [2.45, 2.75) is 52.4 Å². The summed E-state index contributed by atoms with van der Waals surface area (Å²) in [5.74, 6) is 2.55. The number of rotatable bonds is 0. The van der Waals surface area contributed by atoms with Crippen LogP contribution in [-0.2, 0) is 9.59 Å². The molecule has 5 atom stereocenters. The number of fused-ring (bicyclic) bond motifs is 5. The highest BCUT2D eigenvalue weighted by Gasteiger charge is 2.57. The molecular weight excluding hydrogens is 260 g/mol. The molecule has 112 valence electrons. The first-order valence-corrected chi connectivity index (χ1v) is 8.40. The van der Waals surface area contributed by atoms with E-state index in [-0.39, 0.29) is 16.6 Å². The molecule has 21 heavy (non-hydrogen) atoms. The summed E-state index contributed by atoms with van der Waals surface area (Å²) in [6.45, 7) is 4.53. The zero-order chi connectivity index (χ0) is 14.8. The molecule has 4 aliphatic rings. The van der Waals surface area contributed by atoms with Crippen LogP contribution in [0.2, 0.25) is 0 Å². The molecule has 2 fully saturated rings. The van der Waals surface area contributed by atoms with E-state index >= 15 is 0 Å². The lowest BCUT2D eigenvalue weighted by atomic mass is 9.49. The molecule has 0 aliphatic heterocycles. The maximum Gasteiger partial charge on any atom is 0.159 e. The van der Waals surface area contributed by atoms with Crippen molar-refractivity contribution < 1.29 is 9.59 Å². The van der Waals surface area contributed by atoms with Crippen molar-refractivity contribution in [1.29, 1.82) is 0 Å². The third-order valence-corrected chi connectivity index (χ3v) is 7.22. The highest BCUT2D eigenvalue weighted by molar-refractivity contribution is 5.93. The number of carbonyl (C=O) groups excluding carboxylic acids is 2. The lowest BCUT2D eigenvalue weighted by Gasteiger charge is -2.54. The van der Waals surface area contributed by atoms with Crippen LogP contribution in [-0.4, -0.2) is 11.6 Å². The molecule has 2 nitrogen and oxygen atoms in total. The minimum Gasteiger partial charge on any atom is -0.299 e. The normalized spacial score (nSPS) is 48.5. The molecular formula is C19H24O2. The fraction of sp³-hybridized carbons (Fsp3) is 0.684. The average Bonchev–Trinajstić information content (AvgIpc) is 2.76. The Bertz CT molecular complexity index is 584. The molecule has 4 aliphatic carbocycles. The number of carbonyl (C=O) groups is 2. The number of Topliss-reactive ketones (excluding diaryl/α,β-unsaturated/α-hetero) is 1.